The molecule has 0 fully saturated rings. The van der Waals surface area contributed by atoms with Gasteiger partial charge < -0.3 is 4.90 Å². The Morgan fingerprint density at radius 1 is 1.44 bits per heavy atom. The number of carbonyl (C=O) groups excluding carboxylic acids is 1. The van der Waals surface area contributed by atoms with Crippen molar-refractivity contribution in [2.45, 2.75) is 25.8 Å². The summed E-state index contributed by atoms with van der Waals surface area (Å²) in [5.41, 5.74) is 2.73. The fraction of sp³-hybridized carbons (Fsp3) is 0.429. The third kappa shape index (κ3) is 4.42. The number of rotatable bonds is 7. The van der Waals surface area contributed by atoms with Crippen LogP contribution in [0.15, 0.2) is 30.3 Å². The molecular weight excluding hydrogens is 262 g/mol. The van der Waals surface area contributed by atoms with E-state index in [1.807, 2.05) is 25.1 Å². The van der Waals surface area contributed by atoms with Gasteiger partial charge in [-0.05, 0) is 18.2 Å². The van der Waals surface area contributed by atoms with Gasteiger partial charge in [-0.1, -0.05) is 49.5 Å². The summed E-state index contributed by atoms with van der Waals surface area (Å²) in [5, 5.41) is 0. The highest BCUT2D eigenvalue weighted by atomic mass is 32.2. The molecule has 1 aromatic carbocycles. The lowest BCUT2D eigenvalue weighted by Crippen LogP contribution is -2.41. The van der Waals surface area contributed by atoms with Gasteiger partial charge in [-0.15, -0.1) is 0 Å². The average Bonchev–Trinajstić information content (AvgIpc) is 2.40. The van der Waals surface area contributed by atoms with Gasteiger partial charge in [0.2, 0.25) is 5.91 Å². The van der Waals surface area contributed by atoms with E-state index in [1.165, 1.54) is 11.1 Å². The van der Waals surface area contributed by atoms with Crippen LogP contribution in [0.25, 0.3) is 0 Å². The molecular formula is C14H19NOS2. The van der Waals surface area contributed by atoms with Crippen molar-refractivity contribution in [2.75, 3.05) is 12.0 Å². The van der Waals surface area contributed by atoms with Crippen LogP contribution in [0.2, 0.25) is 0 Å². The summed E-state index contributed by atoms with van der Waals surface area (Å²) >= 11 is 6.73. The predicted octanol–water partition coefficient (Wildman–Crippen LogP) is 3.16. The second kappa shape index (κ2) is 8.27. The quantitative estimate of drug-likeness (QED) is 0.716. The number of hydrogen-bond donors (Lipinski definition) is 0. The minimum Gasteiger partial charge on any atom is -0.305 e. The number of hydrogen-bond acceptors (Lipinski definition) is 3. The predicted molar refractivity (Wildman–Crippen MR) is 83.1 cm³/mol. The Hall–Kier alpha value is -0.870. The van der Waals surface area contributed by atoms with Crippen molar-refractivity contribution in [1.29, 1.82) is 0 Å². The first-order valence-corrected chi connectivity index (χ1v) is 7.88. The fourth-order valence-electron chi connectivity index (χ4n) is 1.85. The molecule has 0 N–H and O–H groups in total. The van der Waals surface area contributed by atoms with Crippen LogP contribution in [0, 0.1) is 0 Å². The Morgan fingerprint density at radius 3 is 2.61 bits per heavy atom. The van der Waals surface area contributed by atoms with Crippen LogP contribution in [0.4, 0.5) is 0 Å². The van der Waals surface area contributed by atoms with Crippen LogP contribution in [0.5, 0.6) is 0 Å². The summed E-state index contributed by atoms with van der Waals surface area (Å²) in [6.07, 6.45) is 3.39. The summed E-state index contributed by atoms with van der Waals surface area (Å²) in [6, 6.07) is 10.4. The Balaban J connectivity index is 2.80. The molecule has 1 aromatic rings. The Kier molecular flexibility index (Phi) is 6.98. The van der Waals surface area contributed by atoms with Gasteiger partial charge in [0.05, 0.1) is 11.5 Å². The highest BCUT2D eigenvalue weighted by Crippen LogP contribution is 2.13. The Labute approximate surface area is 119 Å². The van der Waals surface area contributed by atoms with Crippen molar-refractivity contribution in [3.63, 3.8) is 0 Å². The van der Waals surface area contributed by atoms with Crippen LogP contribution in [0.1, 0.15) is 18.9 Å². The molecule has 0 aliphatic heterocycles. The molecule has 2 nitrogen and oxygen atoms in total. The van der Waals surface area contributed by atoms with E-state index in [-0.39, 0.29) is 11.9 Å². The monoisotopic (exact) mass is 281 g/mol. The first kappa shape index (κ1) is 15.2. The van der Waals surface area contributed by atoms with Crippen LogP contribution in [-0.4, -0.2) is 34.3 Å². The number of nitrogens with zero attached hydrogens (tertiary/aromatic N) is 1. The van der Waals surface area contributed by atoms with Crippen LogP contribution < -0.4 is 0 Å². The minimum absolute atomic E-state index is 0.0972. The largest absolute Gasteiger partial charge is 0.305 e. The van der Waals surface area contributed by atoms with Crippen LogP contribution in [0.3, 0.4) is 0 Å². The number of thiocarbonyl (C=S) groups is 1. The maximum Gasteiger partial charge on any atom is 0.227 e. The van der Waals surface area contributed by atoms with E-state index in [9.17, 15) is 4.79 Å². The van der Waals surface area contributed by atoms with Crippen molar-refractivity contribution >= 4 is 35.4 Å². The zero-order valence-corrected chi connectivity index (χ0v) is 12.5. The SMILES string of the molecule is CCC(=O)N(C=S)C(CSC)Cc1ccccc1. The van der Waals surface area contributed by atoms with E-state index >= 15 is 0 Å². The molecule has 0 saturated carbocycles. The summed E-state index contributed by atoms with van der Waals surface area (Å²) in [7, 11) is 0. The van der Waals surface area contributed by atoms with E-state index in [0.717, 1.165) is 12.2 Å². The van der Waals surface area contributed by atoms with Crippen molar-refractivity contribution in [1.82, 2.24) is 4.90 Å². The molecule has 0 spiro atoms. The van der Waals surface area contributed by atoms with Gasteiger partial charge >= 0.3 is 0 Å². The van der Waals surface area contributed by atoms with E-state index in [0.29, 0.717) is 6.42 Å². The number of carbonyl (C=O) groups is 1. The van der Waals surface area contributed by atoms with Gasteiger partial charge in [-0.3, -0.25) is 4.79 Å². The first-order valence-electron chi connectivity index (χ1n) is 6.02. The summed E-state index contributed by atoms with van der Waals surface area (Å²) in [5.74, 6) is 0.994. The van der Waals surface area contributed by atoms with Gasteiger partial charge in [0.25, 0.3) is 0 Å². The lowest BCUT2D eigenvalue weighted by atomic mass is 10.1. The third-order valence-electron chi connectivity index (χ3n) is 2.77. The maximum atomic E-state index is 11.9. The van der Waals surface area contributed by atoms with Gasteiger partial charge in [-0.25, -0.2) is 0 Å². The second-order valence-electron chi connectivity index (χ2n) is 4.06. The topological polar surface area (TPSA) is 20.3 Å². The molecule has 0 aromatic heterocycles. The van der Waals surface area contributed by atoms with Crippen molar-refractivity contribution in [2.24, 2.45) is 0 Å². The summed E-state index contributed by atoms with van der Waals surface area (Å²) < 4.78 is 0. The molecule has 0 aliphatic carbocycles. The standard InChI is InChI=1S/C14H19NOS2/c1-3-14(16)15(11-17)13(10-18-2)9-12-7-5-4-6-8-12/h4-8,11,13H,3,9-10H2,1-2H3. The lowest BCUT2D eigenvalue weighted by molar-refractivity contribution is -0.127. The molecule has 98 valence electrons. The summed E-state index contributed by atoms with van der Waals surface area (Å²) in [6.45, 7) is 1.87. The molecule has 0 aliphatic rings. The number of amides is 1. The third-order valence-corrected chi connectivity index (χ3v) is 3.72. The molecule has 0 radical (unpaired) electrons. The van der Waals surface area contributed by atoms with Crippen molar-refractivity contribution < 1.29 is 4.79 Å². The summed E-state index contributed by atoms with van der Waals surface area (Å²) in [4.78, 5) is 13.6. The molecule has 1 rings (SSSR count). The molecule has 1 unspecified atom stereocenters. The molecule has 0 saturated heterocycles. The van der Waals surface area contributed by atoms with Gasteiger partial charge in [0.1, 0.15) is 0 Å². The maximum absolute atomic E-state index is 11.9. The minimum atomic E-state index is 0.0972. The highest BCUT2D eigenvalue weighted by Gasteiger charge is 2.20. The van der Waals surface area contributed by atoms with Crippen LogP contribution >= 0.6 is 24.0 Å². The second-order valence-corrected chi connectivity index (χ2v) is 5.18. The Bertz CT molecular complexity index is 381. The van der Waals surface area contributed by atoms with E-state index in [2.05, 4.69) is 18.4 Å². The zero-order chi connectivity index (χ0) is 13.4. The smallest absolute Gasteiger partial charge is 0.227 e. The molecule has 0 heterocycles. The molecule has 1 amide bonds. The van der Waals surface area contributed by atoms with E-state index in [1.54, 1.807) is 16.7 Å². The number of benzene rings is 1. The average molecular weight is 281 g/mol. The first-order chi connectivity index (χ1) is 8.72. The van der Waals surface area contributed by atoms with Gasteiger partial charge in [0.15, 0.2) is 0 Å². The van der Waals surface area contributed by atoms with Gasteiger partial charge in [0, 0.05) is 12.2 Å². The van der Waals surface area contributed by atoms with Crippen molar-refractivity contribution in [3.05, 3.63) is 35.9 Å². The lowest BCUT2D eigenvalue weighted by Gasteiger charge is -2.27. The zero-order valence-electron chi connectivity index (χ0n) is 10.8. The fourth-order valence-corrected chi connectivity index (χ4v) is 2.80. The highest BCUT2D eigenvalue weighted by molar-refractivity contribution is 7.98. The van der Waals surface area contributed by atoms with E-state index in [4.69, 9.17) is 12.2 Å². The molecule has 4 heteroatoms. The normalized spacial score (nSPS) is 11.9. The molecule has 0 bridgehead atoms. The van der Waals surface area contributed by atoms with Crippen molar-refractivity contribution in [3.8, 4) is 0 Å². The molecule has 1 atom stereocenters. The van der Waals surface area contributed by atoms with E-state index < -0.39 is 0 Å². The molecule has 18 heavy (non-hydrogen) atoms. The Morgan fingerprint density at radius 2 is 2.11 bits per heavy atom. The van der Waals surface area contributed by atoms with Crippen LogP contribution in [-0.2, 0) is 11.2 Å². The number of thioether (sulfide) groups is 1. The van der Waals surface area contributed by atoms with Gasteiger partial charge in [-0.2, -0.15) is 11.8 Å².